The first-order valence-electron chi connectivity index (χ1n) is 7.12. The lowest BCUT2D eigenvalue weighted by Crippen LogP contribution is -2.33. The van der Waals surface area contributed by atoms with Gasteiger partial charge in [0.2, 0.25) is 0 Å². The zero-order valence-corrected chi connectivity index (χ0v) is 12.4. The number of hydrogen-bond donors (Lipinski definition) is 0. The van der Waals surface area contributed by atoms with Gasteiger partial charge < -0.3 is 9.57 Å². The first-order valence-corrected chi connectivity index (χ1v) is 7.12. The van der Waals surface area contributed by atoms with E-state index in [4.69, 9.17) is 14.4 Å². The minimum absolute atomic E-state index is 0.0854. The van der Waals surface area contributed by atoms with E-state index in [9.17, 15) is 14.4 Å². The number of fused-ring (bicyclic) bond motifs is 1. The van der Waals surface area contributed by atoms with Crippen LogP contribution in [0.1, 0.15) is 34.1 Å². The molecule has 1 aromatic carbocycles. The number of oxime groups is 1. The smallest absolute Gasteiger partial charge is 0.356 e. The third-order valence-electron chi connectivity index (χ3n) is 3.39. The van der Waals surface area contributed by atoms with Crippen LogP contribution < -0.4 is 0 Å². The van der Waals surface area contributed by atoms with E-state index in [-0.39, 0.29) is 25.3 Å². The number of benzene rings is 1. The predicted molar refractivity (Wildman–Crippen MR) is 76.5 cm³/mol. The van der Waals surface area contributed by atoms with Gasteiger partial charge in [0.15, 0.2) is 11.8 Å². The van der Waals surface area contributed by atoms with Crippen LogP contribution in [0, 0.1) is 0 Å². The summed E-state index contributed by atoms with van der Waals surface area (Å²) in [6, 6.07) is 6.47. The zero-order valence-electron chi connectivity index (χ0n) is 12.4. The molecule has 0 saturated heterocycles. The number of nitrogens with zero attached hydrogens (tertiary/aromatic N) is 2. The summed E-state index contributed by atoms with van der Waals surface area (Å²) in [5, 5.41) is 4.34. The highest BCUT2D eigenvalue weighted by Gasteiger charge is 2.38. The SMILES string of the molecule is CCOC(=O)C1=NOC(CON2C(=O)c3ccccc3C2=O)C1. The fourth-order valence-electron chi connectivity index (χ4n) is 2.29. The summed E-state index contributed by atoms with van der Waals surface area (Å²) in [6.07, 6.45) is -0.360. The maximum Gasteiger partial charge on any atom is 0.356 e. The predicted octanol–water partition coefficient (Wildman–Crippen LogP) is 0.922. The summed E-state index contributed by atoms with van der Waals surface area (Å²) in [5.74, 6) is -1.58. The number of ether oxygens (including phenoxy) is 1. The van der Waals surface area contributed by atoms with Crippen LogP contribution in [0.5, 0.6) is 0 Å². The molecule has 0 N–H and O–H groups in total. The molecule has 0 aromatic heterocycles. The van der Waals surface area contributed by atoms with Gasteiger partial charge in [0.05, 0.1) is 17.7 Å². The van der Waals surface area contributed by atoms with E-state index in [1.165, 1.54) is 0 Å². The molecule has 8 nitrogen and oxygen atoms in total. The molecule has 2 aliphatic heterocycles. The van der Waals surface area contributed by atoms with Gasteiger partial charge in [-0.15, -0.1) is 5.06 Å². The van der Waals surface area contributed by atoms with Gasteiger partial charge in [-0.1, -0.05) is 17.3 Å². The normalized spacial score (nSPS) is 19.4. The van der Waals surface area contributed by atoms with Gasteiger partial charge in [0, 0.05) is 6.42 Å². The lowest BCUT2D eigenvalue weighted by Gasteiger charge is -2.15. The van der Waals surface area contributed by atoms with Crippen molar-refractivity contribution in [2.75, 3.05) is 13.2 Å². The molecule has 2 heterocycles. The second kappa shape index (κ2) is 6.17. The summed E-state index contributed by atoms with van der Waals surface area (Å²) in [5.41, 5.74) is 0.754. The summed E-state index contributed by atoms with van der Waals surface area (Å²) < 4.78 is 4.82. The molecular weight excluding hydrogens is 304 g/mol. The molecule has 0 radical (unpaired) electrons. The van der Waals surface area contributed by atoms with Crippen LogP contribution in [-0.2, 0) is 19.2 Å². The maximum atomic E-state index is 12.1. The molecule has 1 aromatic rings. The van der Waals surface area contributed by atoms with Crippen LogP contribution in [-0.4, -0.2) is 47.9 Å². The van der Waals surface area contributed by atoms with Crippen LogP contribution in [0.15, 0.2) is 29.4 Å². The average molecular weight is 318 g/mol. The summed E-state index contributed by atoms with van der Waals surface area (Å²) in [4.78, 5) is 46.0. The van der Waals surface area contributed by atoms with E-state index in [1.807, 2.05) is 0 Å². The molecular formula is C15H14N2O6. The largest absolute Gasteiger partial charge is 0.461 e. The van der Waals surface area contributed by atoms with E-state index in [0.29, 0.717) is 16.2 Å². The number of rotatable bonds is 5. The highest BCUT2D eigenvalue weighted by atomic mass is 16.7. The third kappa shape index (κ3) is 2.80. The van der Waals surface area contributed by atoms with Crippen molar-refractivity contribution in [2.24, 2.45) is 5.16 Å². The molecule has 23 heavy (non-hydrogen) atoms. The molecule has 1 unspecified atom stereocenters. The van der Waals surface area contributed by atoms with Crippen molar-refractivity contribution < 1.29 is 28.8 Å². The third-order valence-corrected chi connectivity index (χ3v) is 3.39. The van der Waals surface area contributed by atoms with Crippen molar-refractivity contribution in [3.05, 3.63) is 35.4 Å². The number of carbonyl (C=O) groups excluding carboxylic acids is 3. The van der Waals surface area contributed by atoms with Gasteiger partial charge in [0.1, 0.15) is 6.61 Å². The lowest BCUT2D eigenvalue weighted by molar-refractivity contribution is -0.135. The van der Waals surface area contributed by atoms with Crippen molar-refractivity contribution in [3.63, 3.8) is 0 Å². The fourth-order valence-corrected chi connectivity index (χ4v) is 2.29. The number of esters is 1. The van der Waals surface area contributed by atoms with Crippen LogP contribution >= 0.6 is 0 Å². The quantitative estimate of drug-likeness (QED) is 0.592. The Labute approximate surface area is 131 Å². The Bertz CT molecular complexity index is 664. The standard InChI is InChI=1S/C15H14N2O6/c1-2-21-15(20)12-7-9(23-16-12)8-22-17-13(18)10-5-3-4-6-11(10)14(17)19/h3-6,9H,2,7-8H2,1H3. The summed E-state index contributed by atoms with van der Waals surface area (Å²) in [6.45, 7) is 1.85. The Morgan fingerprint density at radius 2 is 1.96 bits per heavy atom. The molecule has 1 atom stereocenters. The first-order chi connectivity index (χ1) is 11.1. The number of hydrogen-bond acceptors (Lipinski definition) is 7. The van der Waals surface area contributed by atoms with Crippen molar-refractivity contribution in [1.29, 1.82) is 0 Å². The van der Waals surface area contributed by atoms with Crippen LogP contribution in [0.3, 0.4) is 0 Å². The minimum Gasteiger partial charge on any atom is -0.461 e. The Kier molecular flexibility index (Phi) is 4.07. The number of imide groups is 1. The average Bonchev–Trinajstić information content (AvgIpc) is 3.12. The van der Waals surface area contributed by atoms with Crippen LogP contribution in [0.4, 0.5) is 0 Å². The monoisotopic (exact) mass is 318 g/mol. The molecule has 2 amide bonds. The van der Waals surface area contributed by atoms with E-state index in [0.717, 1.165) is 0 Å². The van der Waals surface area contributed by atoms with Crippen molar-refractivity contribution in [1.82, 2.24) is 5.06 Å². The first kappa shape index (κ1) is 15.2. The highest BCUT2D eigenvalue weighted by molar-refractivity contribution is 6.36. The minimum atomic E-state index is -0.557. The maximum absolute atomic E-state index is 12.1. The Morgan fingerprint density at radius 1 is 1.30 bits per heavy atom. The topological polar surface area (TPSA) is 94.5 Å². The molecule has 120 valence electrons. The molecule has 2 aliphatic rings. The van der Waals surface area contributed by atoms with Gasteiger partial charge in [-0.05, 0) is 19.1 Å². The van der Waals surface area contributed by atoms with E-state index >= 15 is 0 Å². The van der Waals surface area contributed by atoms with Gasteiger partial charge >= 0.3 is 5.97 Å². The highest BCUT2D eigenvalue weighted by Crippen LogP contribution is 2.23. The number of carbonyl (C=O) groups is 3. The molecule has 0 fully saturated rings. The zero-order chi connectivity index (χ0) is 16.4. The number of amides is 2. The van der Waals surface area contributed by atoms with E-state index < -0.39 is 23.9 Å². The van der Waals surface area contributed by atoms with Crippen molar-refractivity contribution in [2.45, 2.75) is 19.4 Å². The van der Waals surface area contributed by atoms with Gasteiger partial charge in [0.25, 0.3) is 11.8 Å². The second-order valence-electron chi connectivity index (χ2n) is 4.94. The number of hydroxylamine groups is 2. The van der Waals surface area contributed by atoms with Gasteiger partial charge in [-0.3, -0.25) is 14.4 Å². The summed E-state index contributed by atoms with van der Waals surface area (Å²) >= 11 is 0. The van der Waals surface area contributed by atoms with E-state index in [1.54, 1.807) is 31.2 Å². The van der Waals surface area contributed by atoms with Gasteiger partial charge in [-0.25, -0.2) is 4.79 Å². The van der Waals surface area contributed by atoms with E-state index in [2.05, 4.69) is 5.16 Å². The van der Waals surface area contributed by atoms with Crippen molar-refractivity contribution >= 4 is 23.5 Å². The summed E-state index contributed by atoms with van der Waals surface area (Å²) in [7, 11) is 0. The van der Waals surface area contributed by atoms with Gasteiger partial charge in [-0.2, -0.15) is 0 Å². The second-order valence-corrected chi connectivity index (χ2v) is 4.94. The Hall–Kier alpha value is -2.74. The molecule has 0 spiro atoms. The Morgan fingerprint density at radius 3 is 2.57 bits per heavy atom. The lowest BCUT2D eigenvalue weighted by atomic mass is 10.1. The van der Waals surface area contributed by atoms with Crippen molar-refractivity contribution in [3.8, 4) is 0 Å². The Balaban J connectivity index is 1.56. The molecule has 0 saturated carbocycles. The molecule has 8 heteroatoms. The molecule has 0 bridgehead atoms. The molecule has 0 aliphatic carbocycles. The van der Waals surface area contributed by atoms with Crippen LogP contribution in [0.2, 0.25) is 0 Å². The van der Waals surface area contributed by atoms with Crippen LogP contribution in [0.25, 0.3) is 0 Å². The molecule has 3 rings (SSSR count). The fraction of sp³-hybridized carbons (Fsp3) is 0.333.